The number of likely N-dealkylation sites (N-methyl/N-ethyl adjacent to an activating group) is 1. The Hall–Kier alpha value is -0.610. The smallest absolute Gasteiger partial charge is 0.225 e. The highest BCUT2D eigenvalue weighted by Crippen LogP contribution is 2.29. The first-order chi connectivity index (χ1) is 8.60. The van der Waals surface area contributed by atoms with E-state index in [1.807, 2.05) is 0 Å². The number of carbonyl (C=O) groups is 1. The van der Waals surface area contributed by atoms with Gasteiger partial charge in [0.1, 0.15) is 0 Å². The Morgan fingerprint density at radius 3 is 2.39 bits per heavy atom. The van der Waals surface area contributed by atoms with Crippen LogP contribution < -0.4 is 5.73 Å². The molecule has 3 atom stereocenters. The molecule has 0 aromatic rings. The van der Waals surface area contributed by atoms with E-state index in [-0.39, 0.29) is 12.0 Å². The number of amides is 1. The third-order valence-corrected chi connectivity index (χ3v) is 4.46. The van der Waals surface area contributed by atoms with Gasteiger partial charge in [-0.2, -0.15) is 0 Å². The third kappa shape index (κ3) is 3.23. The first kappa shape index (κ1) is 13.8. The predicted molar refractivity (Wildman–Crippen MR) is 73.2 cm³/mol. The summed E-state index contributed by atoms with van der Waals surface area (Å²) in [6.07, 6.45) is 2.99. The monoisotopic (exact) mass is 253 g/mol. The van der Waals surface area contributed by atoms with E-state index in [1.54, 1.807) is 0 Å². The Morgan fingerprint density at radius 2 is 1.83 bits per heavy atom. The minimum Gasteiger partial charge on any atom is -0.340 e. The lowest BCUT2D eigenvalue weighted by atomic mass is 9.79. The van der Waals surface area contributed by atoms with Crippen LogP contribution in [0.5, 0.6) is 0 Å². The fourth-order valence-corrected chi connectivity index (χ4v) is 3.40. The van der Waals surface area contributed by atoms with Crippen LogP contribution in [0.4, 0.5) is 0 Å². The molecule has 1 aliphatic heterocycles. The molecule has 3 unspecified atom stereocenters. The van der Waals surface area contributed by atoms with Gasteiger partial charge in [0, 0.05) is 38.1 Å². The molecule has 4 heteroatoms. The SMILES string of the molecule is CCN1CCN(C(=O)C2CC(C)CC(N)C2)CC1. The number of hydrogen-bond acceptors (Lipinski definition) is 3. The maximum absolute atomic E-state index is 12.5. The molecule has 1 saturated heterocycles. The van der Waals surface area contributed by atoms with Gasteiger partial charge in [-0.1, -0.05) is 13.8 Å². The maximum atomic E-state index is 12.5. The summed E-state index contributed by atoms with van der Waals surface area (Å²) < 4.78 is 0. The highest BCUT2D eigenvalue weighted by atomic mass is 16.2. The van der Waals surface area contributed by atoms with Crippen LogP contribution in [0.25, 0.3) is 0 Å². The van der Waals surface area contributed by atoms with Crippen LogP contribution in [0.2, 0.25) is 0 Å². The zero-order valence-electron chi connectivity index (χ0n) is 11.8. The Kier molecular flexibility index (Phi) is 4.62. The summed E-state index contributed by atoms with van der Waals surface area (Å²) >= 11 is 0. The van der Waals surface area contributed by atoms with Gasteiger partial charge in [-0.3, -0.25) is 4.79 Å². The van der Waals surface area contributed by atoms with E-state index in [4.69, 9.17) is 5.73 Å². The van der Waals surface area contributed by atoms with Crippen LogP contribution in [-0.4, -0.2) is 54.5 Å². The molecule has 0 aromatic heterocycles. The van der Waals surface area contributed by atoms with Crippen LogP contribution >= 0.6 is 0 Å². The molecule has 104 valence electrons. The minimum atomic E-state index is 0.178. The maximum Gasteiger partial charge on any atom is 0.225 e. The Balaban J connectivity index is 1.87. The summed E-state index contributed by atoms with van der Waals surface area (Å²) in [4.78, 5) is 17.0. The van der Waals surface area contributed by atoms with Gasteiger partial charge in [0.05, 0.1) is 0 Å². The van der Waals surface area contributed by atoms with Crippen molar-refractivity contribution in [2.45, 2.75) is 39.2 Å². The largest absolute Gasteiger partial charge is 0.340 e. The van der Waals surface area contributed by atoms with E-state index >= 15 is 0 Å². The average Bonchev–Trinajstić information content (AvgIpc) is 2.37. The number of piperazine rings is 1. The third-order valence-electron chi connectivity index (χ3n) is 4.46. The van der Waals surface area contributed by atoms with Crippen molar-refractivity contribution in [3.8, 4) is 0 Å². The lowest BCUT2D eigenvalue weighted by Crippen LogP contribution is -2.51. The lowest BCUT2D eigenvalue weighted by molar-refractivity contribution is -0.139. The topological polar surface area (TPSA) is 49.6 Å². The summed E-state index contributed by atoms with van der Waals surface area (Å²) in [5, 5.41) is 0. The molecule has 1 heterocycles. The van der Waals surface area contributed by atoms with Crippen molar-refractivity contribution in [3.63, 3.8) is 0 Å². The summed E-state index contributed by atoms with van der Waals surface area (Å²) in [6, 6.07) is 0.222. The van der Waals surface area contributed by atoms with Gasteiger partial charge in [-0.05, 0) is 31.7 Å². The molecular formula is C14H27N3O. The van der Waals surface area contributed by atoms with Gasteiger partial charge in [0.25, 0.3) is 0 Å². The van der Waals surface area contributed by atoms with Crippen molar-refractivity contribution in [3.05, 3.63) is 0 Å². The van der Waals surface area contributed by atoms with Crippen molar-refractivity contribution in [2.24, 2.45) is 17.6 Å². The van der Waals surface area contributed by atoms with E-state index in [0.29, 0.717) is 11.8 Å². The van der Waals surface area contributed by atoms with Gasteiger partial charge in [-0.25, -0.2) is 0 Å². The second-order valence-corrected chi connectivity index (χ2v) is 6.03. The van der Waals surface area contributed by atoms with Crippen molar-refractivity contribution in [1.29, 1.82) is 0 Å². The molecule has 0 aromatic carbocycles. The van der Waals surface area contributed by atoms with E-state index in [2.05, 4.69) is 23.6 Å². The Bertz CT molecular complexity index is 277. The molecule has 2 rings (SSSR count). The molecule has 1 amide bonds. The minimum absolute atomic E-state index is 0.178. The first-order valence-corrected chi connectivity index (χ1v) is 7.36. The fraction of sp³-hybridized carbons (Fsp3) is 0.929. The molecule has 1 saturated carbocycles. The molecule has 18 heavy (non-hydrogen) atoms. The summed E-state index contributed by atoms with van der Waals surface area (Å²) in [5.41, 5.74) is 6.05. The van der Waals surface area contributed by atoms with Crippen LogP contribution in [0.3, 0.4) is 0 Å². The number of nitrogens with zero attached hydrogens (tertiary/aromatic N) is 2. The first-order valence-electron chi connectivity index (χ1n) is 7.36. The number of hydrogen-bond donors (Lipinski definition) is 1. The summed E-state index contributed by atoms with van der Waals surface area (Å²) in [6.45, 7) is 9.33. The normalized spacial score (nSPS) is 34.6. The molecule has 0 bridgehead atoms. The molecule has 1 aliphatic carbocycles. The van der Waals surface area contributed by atoms with Gasteiger partial charge < -0.3 is 15.5 Å². The van der Waals surface area contributed by atoms with E-state index in [1.165, 1.54) is 0 Å². The molecule has 2 N–H and O–H groups in total. The lowest BCUT2D eigenvalue weighted by Gasteiger charge is -2.38. The van der Waals surface area contributed by atoms with Gasteiger partial charge in [-0.15, -0.1) is 0 Å². The molecule has 0 radical (unpaired) electrons. The van der Waals surface area contributed by atoms with Crippen LogP contribution in [0, 0.1) is 11.8 Å². The molecule has 0 spiro atoms. The molecule has 2 fully saturated rings. The summed E-state index contributed by atoms with van der Waals surface area (Å²) in [7, 11) is 0. The van der Waals surface area contributed by atoms with Gasteiger partial charge in [0.15, 0.2) is 0 Å². The zero-order valence-corrected chi connectivity index (χ0v) is 11.8. The quantitative estimate of drug-likeness (QED) is 0.796. The van der Waals surface area contributed by atoms with Crippen LogP contribution in [0.15, 0.2) is 0 Å². The van der Waals surface area contributed by atoms with Crippen molar-refractivity contribution in [2.75, 3.05) is 32.7 Å². The summed E-state index contributed by atoms with van der Waals surface area (Å²) in [5.74, 6) is 1.13. The van der Waals surface area contributed by atoms with Crippen molar-refractivity contribution in [1.82, 2.24) is 9.80 Å². The standard InChI is InChI=1S/C14H27N3O/c1-3-16-4-6-17(7-5-16)14(18)12-8-11(2)9-13(15)10-12/h11-13H,3-10,15H2,1-2H3. The zero-order chi connectivity index (χ0) is 13.1. The molecule has 4 nitrogen and oxygen atoms in total. The van der Waals surface area contributed by atoms with Crippen molar-refractivity contribution >= 4 is 5.91 Å². The van der Waals surface area contributed by atoms with E-state index < -0.39 is 0 Å². The predicted octanol–water partition coefficient (Wildman–Crippen LogP) is 0.914. The molecule has 2 aliphatic rings. The second-order valence-electron chi connectivity index (χ2n) is 6.03. The van der Waals surface area contributed by atoms with E-state index in [0.717, 1.165) is 52.0 Å². The number of rotatable bonds is 2. The van der Waals surface area contributed by atoms with Crippen LogP contribution in [0.1, 0.15) is 33.1 Å². The Labute approximate surface area is 110 Å². The Morgan fingerprint density at radius 1 is 1.17 bits per heavy atom. The van der Waals surface area contributed by atoms with Crippen LogP contribution in [-0.2, 0) is 4.79 Å². The number of nitrogens with two attached hydrogens (primary N) is 1. The average molecular weight is 253 g/mol. The number of carbonyl (C=O) groups excluding carboxylic acids is 1. The van der Waals surface area contributed by atoms with E-state index in [9.17, 15) is 4.79 Å². The highest BCUT2D eigenvalue weighted by molar-refractivity contribution is 5.79. The van der Waals surface area contributed by atoms with Gasteiger partial charge >= 0.3 is 0 Å². The molecular weight excluding hydrogens is 226 g/mol. The van der Waals surface area contributed by atoms with Crippen molar-refractivity contribution < 1.29 is 4.79 Å². The van der Waals surface area contributed by atoms with Gasteiger partial charge in [0.2, 0.25) is 5.91 Å². The second kappa shape index (κ2) is 6.02. The fourth-order valence-electron chi connectivity index (χ4n) is 3.40. The highest BCUT2D eigenvalue weighted by Gasteiger charge is 2.32.